The molecule has 2 N–H and O–H groups in total. The van der Waals surface area contributed by atoms with Crippen LogP contribution in [0.1, 0.15) is 32.3 Å². The predicted octanol–water partition coefficient (Wildman–Crippen LogP) is 3.10. The number of benzene rings is 1. The lowest BCUT2D eigenvalue weighted by atomic mass is 9.93. The van der Waals surface area contributed by atoms with Gasteiger partial charge >= 0.3 is 0 Å². The second-order valence-electron chi connectivity index (χ2n) is 4.29. The van der Waals surface area contributed by atoms with Crippen LogP contribution in [0.5, 0.6) is 0 Å². The summed E-state index contributed by atoms with van der Waals surface area (Å²) in [4.78, 5) is 0. The average molecular weight is 225 g/mol. The summed E-state index contributed by atoms with van der Waals surface area (Å²) < 4.78 is 13.2. The average Bonchev–Trinajstić information content (AvgIpc) is 2.25. The van der Waals surface area contributed by atoms with Gasteiger partial charge in [0.1, 0.15) is 5.82 Å². The molecule has 0 bridgehead atoms. The van der Waals surface area contributed by atoms with Crippen molar-refractivity contribution in [1.29, 1.82) is 0 Å². The molecule has 0 saturated carbocycles. The van der Waals surface area contributed by atoms with Crippen LogP contribution in [0.4, 0.5) is 10.1 Å². The van der Waals surface area contributed by atoms with Gasteiger partial charge in [-0.05, 0) is 43.5 Å². The Bertz CT molecular complexity index is 319. The molecule has 90 valence electrons. The summed E-state index contributed by atoms with van der Waals surface area (Å²) in [5, 5.41) is 12.7. The molecule has 0 heterocycles. The van der Waals surface area contributed by atoms with E-state index >= 15 is 0 Å². The summed E-state index contributed by atoms with van der Waals surface area (Å²) >= 11 is 0. The van der Waals surface area contributed by atoms with Crippen LogP contribution < -0.4 is 5.32 Å². The van der Waals surface area contributed by atoms with Crippen molar-refractivity contribution in [3.05, 3.63) is 29.6 Å². The molecule has 0 aliphatic heterocycles. The van der Waals surface area contributed by atoms with Crippen LogP contribution >= 0.6 is 0 Å². The van der Waals surface area contributed by atoms with Crippen molar-refractivity contribution in [3.63, 3.8) is 0 Å². The van der Waals surface area contributed by atoms with E-state index < -0.39 is 0 Å². The molecule has 0 atom stereocenters. The SMILES string of the molecule is CCC(CC)(CO)Nc1cc(C)cc(F)c1. The van der Waals surface area contributed by atoms with E-state index in [9.17, 15) is 9.50 Å². The standard InChI is InChI=1S/C13H20FNO/c1-4-13(5-2,9-16)15-12-7-10(3)6-11(14)8-12/h6-8,15-16H,4-5,9H2,1-3H3. The zero-order valence-corrected chi connectivity index (χ0v) is 10.2. The van der Waals surface area contributed by atoms with Gasteiger partial charge in [-0.2, -0.15) is 0 Å². The lowest BCUT2D eigenvalue weighted by molar-refractivity contribution is 0.202. The minimum absolute atomic E-state index is 0.0512. The number of aliphatic hydroxyl groups is 1. The Labute approximate surface area is 96.5 Å². The monoisotopic (exact) mass is 225 g/mol. The van der Waals surface area contributed by atoms with Gasteiger partial charge in [0.15, 0.2) is 0 Å². The molecule has 0 fully saturated rings. The first-order valence-corrected chi connectivity index (χ1v) is 5.71. The molecule has 2 nitrogen and oxygen atoms in total. The molecule has 0 aliphatic carbocycles. The lowest BCUT2D eigenvalue weighted by Crippen LogP contribution is -2.40. The van der Waals surface area contributed by atoms with Crippen LogP contribution in [0, 0.1) is 12.7 Å². The molecule has 3 heteroatoms. The Morgan fingerprint density at radius 1 is 1.25 bits per heavy atom. The number of halogens is 1. The van der Waals surface area contributed by atoms with Crippen molar-refractivity contribution in [2.24, 2.45) is 0 Å². The first-order chi connectivity index (χ1) is 7.55. The zero-order valence-electron chi connectivity index (χ0n) is 10.2. The maximum Gasteiger partial charge on any atom is 0.125 e. The topological polar surface area (TPSA) is 32.3 Å². The highest BCUT2D eigenvalue weighted by Crippen LogP contribution is 2.23. The number of rotatable bonds is 5. The quantitative estimate of drug-likeness (QED) is 0.807. The molecule has 1 aromatic rings. The zero-order chi connectivity index (χ0) is 12.2. The van der Waals surface area contributed by atoms with E-state index in [0.29, 0.717) is 0 Å². The Balaban J connectivity index is 2.93. The van der Waals surface area contributed by atoms with Crippen molar-refractivity contribution in [2.75, 3.05) is 11.9 Å². The molecule has 1 rings (SSSR count). The van der Waals surface area contributed by atoms with Gasteiger partial charge in [-0.1, -0.05) is 13.8 Å². The van der Waals surface area contributed by atoms with Crippen LogP contribution in [-0.2, 0) is 0 Å². The molecule has 0 aliphatic rings. The van der Waals surface area contributed by atoms with Gasteiger partial charge in [-0.15, -0.1) is 0 Å². The molecular formula is C13H20FNO. The molecule has 1 aromatic carbocycles. The number of nitrogens with one attached hydrogen (secondary N) is 1. The van der Waals surface area contributed by atoms with Gasteiger partial charge in [0.25, 0.3) is 0 Å². The Morgan fingerprint density at radius 2 is 1.88 bits per heavy atom. The predicted molar refractivity (Wildman–Crippen MR) is 65.2 cm³/mol. The molecule has 0 aromatic heterocycles. The van der Waals surface area contributed by atoms with Gasteiger partial charge in [0.05, 0.1) is 12.1 Å². The smallest absolute Gasteiger partial charge is 0.125 e. The van der Waals surface area contributed by atoms with Gasteiger partial charge in [-0.3, -0.25) is 0 Å². The summed E-state index contributed by atoms with van der Waals surface area (Å²) in [6.45, 7) is 5.93. The molecule has 0 radical (unpaired) electrons. The highest BCUT2D eigenvalue weighted by molar-refractivity contribution is 5.48. The summed E-state index contributed by atoms with van der Waals surface area (Å²) in [7, 11) is 0. The number of aryl methyl sites for hydroxylation is 1. The van der Waals surface area contributed by atoms with Gasteiger partial charge in [0.2, 0.25) is 0 Å². The maximum absolute atomic E-state index is 13.2. The number of hydrogen-bond donors (Lipinski definition) is 2. The summed E-state index contributed by atoms with van der Waals surface area (Å²) in [5.74, 6) is -0.249. The first kappa shape index (κ1) is 13.0. The van der Waals surface area contributed by atoms with Crippen molar-refractivity contribution in [1.82, 2.24) is 0 Å². The largest absolute Gasteiger partial charge is 0.394 e. The second kappa shape index (κ2) is 5.30. The van der Waals surface area contributed by atoms with Crippen LogP contribution in [0.2, 0.25) is 0 Å². The van der Waals surface area contributed by atoms with E-state index in [1.807, 2.05) is 26.8 Å². The van der Waals surface area contributed by atoms with Crippen LogP contribution in [0.3, 0.4) is 0 Å². The normalized spacial score (nSPS) is 11.6. The van der Waals surface area contributed by atoms with E-state index in [-0.39, 0.29) is 18.0 Å². The fourth-order valence-electron chi connectivity index (χ4n) is 1.80. The van der Waals surface area contributed by atoms with Gasteiger partial charge < -0.3 is 10.4 Å². The molecule has 0 amide bonds. The minimum Gasteiger partial charge on any atom is -0.394 e. The van der Waals surface area contributed by atoms with E-state index in [2.05, 4.69) is 5.32 Å². The van der Waals surface area contributed by atoms with Gasteiger partial charge in [0, 0.05) is 5.69 Å². The number of aliphatic hydroxyl groups excluding tert-OH is 1. The summed E-state index contributed by atoms with van der Waals surface area (Å²) in [6, 6.07) is 4.84. The highest BCUT2D eigenvalue weighted by atomic mass is 19.1. The molecule has 0 saturated heterocycles. The first-order valence-electron chi connectivity index (χ1n) is 5.71. The summed E-state index contributed by atoms with van der Waals surface area (Å²) in [6.07, 6.45) is 1.60. The molecule has 0 spiro atoms. The third-order valence-corrected chi connectivity index (χ3v) is 3.11. The van der Waals surface area contributed by atoms with Crippen molar-refractivity contribution in [3.8, 4) is 0 Å². The van der Waals surface area contributed by atoms with E-state index in [1.165, 1.54) is 12.1 Å². The third kappa shape index (κ3) is 2.95. The second-order valence-corrected chi connectivity index (χ2v) is 4.29. The minimum atomic E-state index is -0.347. The molecular weight excluding hydrogens is 205 g/mol. The van der Waals surface area contributed by atoms with Crippen LogP contribution in [0.25, 0.3) is 0 Å². The van der Waals surface area contributed by atoms with Crippen molar-refractivity contribution in [2.45, 2.75) is 39.2 Å². The van der Waals surface area contributed by atoms with E-state index in [4.69, 9.17) is 0 Å². The van der Waals surface area contributed by atoms with E-state index in [0.717, 1.165) is 24.1 Å². The third-order valence-electron chi connectivity index (χ3n) is 3.11. The fourth-order valence-corrected chi connectivity index (χ4v) is 1.80. The fraction of sp³-hybridized carbons (Fsp3) is 0.538. The number of hydrogen-bond acceptors (Lipinski definition) is 2. The Morgan fingerprint density at radius 3 is 2.31 bits per heavy atom. The van der Waals surface area contributed by atoms with Crippen molar-refractivity contribution >= 4 is 5.69 Å². The molecule has 0 unspecified atom stereocenters. The highest BCUT2D eigenvalue weighted by Gasteiger charge is 2.24. The van der Waals surface area contributed by atoms with Gasteiger partial charge in [-0.25, -0.2) is 4.39 Å². The summed E-state index contributed by atoms with van der Waals surface area (Å²) in [5.41, 5.74) is 1.26. The molecule has 16 heavy (non-hydrogen) atoms. The van der Waals surface area contributed by atoms with E-state index in [1.54, 1.807) is 0 Å². The van der Waals surface area contributed by atoms with Crippen molar-refractivity contribution < 1.29 is 9.50 Å². The maximum atomic E-state index is 13.2. The number of anilines is 1. The van der Waals surface area contributed by atoms with Crippen LogP contribution in [-0.4, -0.2) is 17.3 Å². The Hall–Kier alpha value is -1.09. The van der Waals surface area contributed by atoms with Crippen LogP contribution in [0.15, 0.2) is 18.2 Å². The lowest BCUT2D eigenvalue weighted by Gasteiger charge is -2.32. The Kier molecular flexibility index (Phi) is 4.30.